The highest BCUT2D eigenvalue weighted by Crippen LogP contribution is 2.41. The molecule has 0 spiro atoms. The third-order valence-electron chi connectivity index (χ3n) is 3.73. The number of carbonyl (C=O) groups excluding carboxylic acids is 1. The quantitative estimate of drug-likeness (QED) is 0.677. The summed E-state index contributed by atoms with van der Waals surface area (Å²) in [5.41, 5.74) is 0.900. The van der Waals surface area contributed by atoms with Crippen molar-refractivity contribution >= 4 is 5.97 Å². The summed E-state index contributed by atoms with van der Waals surface area (Å²) in [6.45, 7) is 0. The molecule has 4 nitrogen and oxygen atoms in total. The molecule has 1 aliphatic carbocycles. The van der Waals surface area contributed by atoms with E-state index in [0.29, 0.717) is 12.8 Å². The Hall–Kier alpha value is -2.17. The molecule has 4 heteroatoms. The first-order chi connectivity index (χ1) is 10.2. The SMILES string of the molecule is NOC1(C(=O)OC(c2ccccc2)c2ccccc2)CC1. The monoisotopic (exact) mass is 283 g/mol. The van der Waals surface area contributed by atoms with Gasteiger partial charge in [0.25, 0.3) is 0 Å². The standard InChI is InChI=1S/C17H17NO3/c18-21-17(11-12-17)16(19)20-15(13-7-3-1-4-8-13)14-9-5-2-6-10-14/h1-10,15H,11-12,18H2. The molecule has 0 atom stereocenters. The summed E-state index contributed by atoms with van der Waals surface area (Å²) in [5.74, 6) is 4.82. The number of hydrogen-bond donors (Lipinski definition) is 1. The fraction of sp³-hybridized carbons (Fsp3) is 0.235. The maximum Gasteiger partial charge on any atom is 0.341 e. The van der Waals surface area contributed by atoms with Crippen LogP contribution >= 0.6 is 0 Å². The van der Waals surface area contributed by atoms with Crippen LogP contribution in [0, 0.1) is 0 Å². The smallest absolute Gasteiger partial charge is 0.341 e. The van der Waals surface area contributed by atoms with Crippen molar-refractivity contribution < 1.29 is 14.4 Å². The van der Waals surface area contributed by atoms with Gasteiger partial charge in [0.2, 0.25) is 0 Å². The fourth-order valence-corrected chi connectivity index (χ4v) is 2.28. The van der Waals surface area contributed by atoms with E-state index in [2.05, 4.69) is 0 Å². The third-order valence-corrected chi connectivity index (χ3v) is 3.73. The lowest BCUT2D eigenvalue weighted by Crippen LogP contribution is -2.32. The van der Waals surface area contributed by atoms with E-state index in [0.717, 1.165) is 11.1 Å². The lowest BCUT2D eigenvalue weighted by molar-refractivity contribution is -0.165. The van der Waals surface area contributed by atoms with E-state index in [1.807, 2.05) is 60.7 Å². The maximum atomic E-state index is 12.3. The Kier molecular flexibility index (Phi) is 3.73. The maximum absolute atomic E-state index is 12.3. The molecule has 0 radical (unpaired) electrons. The van der Waals surface area contributed by atoms with Gasteiger partial charge in [-0.05, 0) is 24.0 Å². The highest BCUT2D eigenvalue weighted by molar-refractivity contribution is 5.83. The minimum absolute atomic E-state index is 0.400. The lowest BCUT2D eigenvalue weighted by Gasteiger charge is -2.21. The summed E-state index contributed by atoms with van der Waals surface area (Å²) in [6.07, 6.45) is 0.768. The zero-order valence-corrected chi connectivity index (χ0v) is 11.6. The van der Waals surface area contributed by atoms with E-state index in [-0.39, 0.29) is 0 Å². The molecule has 0 unspecified atom stereocenters. The predicted octanol–water partition coefficient (Wildman–Crippen LogP) is 2.74. The van der Waals surface area contributed by atoms with E-state index in [4.69, 9.17) is 15.5 Å². The van der Waals surface area contributed by atoms with Gasteiger partial charge in [-0.1, -0.05) is 60.7 Å². The molecule has 0 aromatic heterocycles. The molecule has 1 aliphatic rings. The van der Waals surface area contributed by atoms with Crippen molar-refractivity contribution in [1.82, 2.24) is 0 Å². The number of ether oxygens (including phenoxy) is 1. The van der Waals surface area contributed by atoms with Crippen molar-refractivity contribution in [1.29, 1.82) is 0 Å². The Morgan fingerprint density at radius 1 is 0.952 bits per heavy atom. The zero-order chi connectivity index (χ0) is 14.7. The molecule has 0 bridgehead atoms. The average molecular weight is 283 g/mol. The van der Waals surface area contributed by atoms with Crippen LogP contribution in [0.25, 0.3) is 0 Å². The Bertz CT molecular complexity index is 569. The molecule has 0 aliphatic heterocycles. The van der Waals surface area contributed by atoms with E-state index < -0.39 is 17.7 Å². The lowest BCUT2D eigenvalue weighted by atomic mass is 10.0. The fourth-order valence-electron chi connectivity index (χ4n) is 2.28. The normalized spacial score (nSPS) is 15.7. The summed E-state index contributed by atoms with van der Waals surface area (Å²) < 4.78 is 5.70. The highest BCUT2D eigenvalue weighted by Gasteiger charge is 2.54. The molecule has 2 aromatic carbocycles. The van der Waals surface area contributed by atoms with Crippen LogP contribution in [0.4, 0.5) is 0 Å². The van der Waals surface area contributed by atoms with Crippen molar-refractivity contribution in [2.45, 2.75) is 24.5 Å². The van der Waals surface area contributed by atoms with Crippen molar-refractivity contribution in [3.8, 4) is 0 Å². The van der Waals surface area contributed by atoms with E-state index in [1.165, 1.54) is 0 Å². The summed E-state index contributed by atoms with van der Waals surface area (Å²) in [7, 11) is 0. The summed E-state index contributed by atoms with van der Waals surface area (Å²) in [5, 5.41) is 0. The molecule has 1 saturated carbocycles. The van der Waals surface area contributed by atoms with E-state index >= 15 is 0 Å². The summed E-state index contributed by atoms with van der Waals surface area (Å²) >= 11 is 0. The number of esters is 1. The topological polar surface area (TPSA) is 61.5 Å². The number of benzene rings is 2. The van der Waals surface area contributed by atoms with Crippen LogP contribution in [0.1, 0.15) is 30.1 Å². The second-order valence-electron chi connectivity index (χ2n) is 5.22. The first-order valence-electron chi connectivity index (χ1n) is 6.94. The van der Waals surface area contributed by atoms with Gasteiger partial charge in [-0.3, -0.25) is 4.84 Å². The Morgan fingerprint density at radius 3 is 1.81 bits per heavy atom. The van der Waals surface area contributed by atoms with Gasteiger partial charge in [0.15, 0.2) is 11.7 Å². The van der Waals surface area contributed by atoms with Gasteiger partial charge in [0, 0.05) is 0 Å². The third kappa shape index (κ3) is 2.82. The van der Waals surface area contributed by atoms with E-state index in [9.17, 15) is 4.79 Å². The molecule has 2 aromatic rings. The Morgan fingerprint density at radius 2 is 1.43 bits per heavy atom. The van der Waals surface area contributed by atoms with Gasteiger partial charge in [-0.15, -0.1) is 0 Å². The summed E-state index contributed by atoms with van der Waals surface area (Å²) in [6, 6.07) is 19.3. The zero-order valence-electron chi connectivity index (χ0n) is 11.6. The van der Waals surface area contributed by atoms with Crippen LogP contribution in [0.15, 0.2) is 60.7 Å². The van der Waals surface area contributed by atoms with Gasteiger partial charge in [0.1, 0.15) is 0 Å². The first kappa shape index (κ1) is 13.8. The molecule has 0 heterocycles. The molecule has 2 N–H and O–H groups in total. The summed E-state index contributed by atoms with van der Waals surface area (Å²) in [4.78, 5) is 17.1. The minimum atomic E-state index is -0.943. The molecule has 0 amide bonds. The van der Waals surface area contributed by atoms with Crippen molar-refractivity contribution in [2.75, 3.05) is 0 Å². The second-order valence-corrected chi connectivity index (χ2v) is 5.22. The van der Waals surface area contributed by atoms with Crippen molar-refractivity contribution in [3.63, 3.8) is 0 Å². The first-order valence-corrected chi connectivity index (χ1v) is 6.94. The van der Waals surface area contributed by atoms with Gasteiger partial charge < -0.3 is 4.74 Å². The number of nitrogens with two attached hydrogens (primary N) is 1. The van der Waals surface area contributed by atoms with Crippen molar-refractivity contribution in [2.24, 2.45) is 5.90 Å². The molecule has 21 heavy (non-hydrogen) atoms. The van der Waals surface area contributed by atoms with Crippen LogP contribution in [-0.4, -0.2) is 11.6 Å². The number of rotatable bonds is 5. The Labute approximate surface area is 123 Å². The van der Waals surface area contributed by atoms with Crippen molar-refractivity contribution in [3.05, 3.63) is 71.8 Å². The Balaban J connectivity index is 1.89. The highest BCUT2D eigenvalue weighted by atomic mass is 16.7. The minimum Gasteiger partial charge on any atom is -0.450 e. The van der Waals surface area contributed by atoms with E-state index in [1.54, 1.807) is 0 Å². The number of carbonyl (C=O) groups is 1. The second kappa shape index (κ2) is 5.68. The van der Waals surface area contributed by atoms with Gasteiger partial charge in [-0.2, -0.15) is 0 Å². The van der Waals surface area contributed by atoms with Crippen LogP contribution < -0.4 is 5.90 Å². The van der Waals surface area contributed by atoms with Crippen LogP contribution in [0.2, 0.25) is 0 Å². The molecule has 0 saturated heterocycles. The van der Waals surface area contributed by atoms with Gasteiger partial charge >= 0.3 is 5.97 Å². The van der Waals surface area contributed by atoms with Crippen LogP contribution in [0.3, 0.4) is 0 Å². The molecule has 108 valence electrons. The van der Waals surface area contributed by atoms with Gasteiger partial charge in [0.05, 0.1) is 0 Å². The molecule has 1 fully saturated rings. The largest absolute Gasteiger partial charge is 0.450 e. The number of hydrogen-bond acceptors (Lipinski definition) is 4. The predicted molar refractivity (Wildman–Crippen MR) is 78.1 cm³/mol. The molecular weight excluding hydrogens is 266 g/mol. The van der Waals surface area contributed by atoms with Crippen LogP contribution in [0.5, 0.6) is 0 Å². The average Bonchev–Trinajstić information content (AvgIpc) is 3.35. The van der Waals surface area contributed by atoms with Gasteiger partial charge in [-0.25, -0.2) is 10.7 Å². The molecular formula is C17H17NO3. The molecule has 3 rings (SSSR count). The van der Waals surface area contributed by atoms with Crippen LogP contribution in [-0.2, 0) is 14.4 Å².